The van der Waals surface area contributed by atoms with Crippen molar-refractivity contribution >= 4 is 23.9 Å². The standard InChI is InChI=1S/C8H19N.3C4H10.Sn/c1-5-9(6-2)7-8(3)4;3*1-3-4-2;/h8H,5-7H2,1-4H3;3*3-4H2,1-2H3;. The molecule has 0 saturated heterocycles. The molecule has 0 rings (SSSR count). The summed E-state index contributed by atoms with van der Waals surface area (Å²) in [6, 6.07) is 0. The van der Waals surface area contributed by atoms with Crippen molar-refractivity contribution < 1.29 is 0 Å². The average molecular weight is 422 g/mol. The Balaban J connectivity index is -0.0000000632. The summed E-state index contributed by atoms with van der Waals surface area (Å²) < 4.78 is 0. The second-order valence-corrected chi connectivity index (χ2v) is 5.88. The van der Waals surface area contributed by atoms with Gasteiger partial charge in [-0.3, -0.25) is 0 Å². The van der Waals surface area contributed by atoms with Crippen molar-refractivity contribution in [1.29, 1.82) is 0 Å². The second kappa shape index (κ2) is 37.8. The van der Waals surface area contributed by atoms with Crippen LogP contribution in [0.2, 0.25) is 0 Å². The molecule has 4 radical (unpaired) electrons. The quantitative estimate of drug-likeness (QED) is 0.399. The van der Waals surface area contributed by atoms with E-state index in [4.69, 9.17) is 0 Å². The van der Waals surface area contributed by atoms with Gasteiger partial charge in [-0.2, -0.15) is 0 Å². The molecule has 0 fully saturated rings. The summed E-state index contributed by atoms with van der Waals surface area (Å²) in [4.78, 5) is 2.45. The number of rotatable bonds is 7. The molecule has 0 heterocycles. The van der Waals surface area contributed by atoms with Crippen LogP contribution in [0.1, 0.15) is 108 Å². The second-order valence-electron chi connectivity index (χ2n) is 5.88. The van der Waals surface area contributed by atoms with Crippen molar-refractivity contribution in [2.24, 2.45) is 5.92 Å². The van der Waals surface area contributed by atoms with Crippen LogP contribution < -0.4 is 0 Å². The van der Waals surface area contributed by atoms with E-state index in [0.717, 1.165) is 5.92 Å². The van der Waals surface area contributed by atoms with E-state index in [0.29, 0.717) is 0 Å². The molecule has 0 N–H and O–H groups in total. The molecule has 0 unspecified atom stereocenters. The molecular weight excluding hydrogens is 373 g/mol. The van der Waals surface area contributed by atoms with Crippen molar-refractivity contribution in [3.05, 3.63) is 0 Å². The van der Waals surface area contributed by atoms with Crippen LogP contribution >= 0.6 is 0 Å². The number of hydrogen-bond acceptors (Lipinski definition) is 1. The fourth-order valence-corrected chi connectivity index (χ4v) is 0.998. The SMILES string of the molecule is CCCC.CCCC.CCCC.CCN(CC)CC(C)C.[Sn]. The minimum absolute atomic E-state index is 0. The Morgan fingerprint density at radius 1 is 0.545 bits per heavy atom. The van der Waals surface area contributed by atoms with Gasteiger partial charge in [0.2, 0.25) is 0 Å². The molecule has 0 aromatic carbocycles. The summed E-state index contributed by atoms with van der Waals surface area (Å²) in [6.45, 7) is 25.7. The zero-order valence-electron chi connectivity index (χ0n) is 17.9. The summed E-state index contributed by atoms with van der Waals surface area (Å²) in [6.07, 6.45) is 7.92. The van der Waals surface area contributed by atoms with Gasteiger partial charge in [-0.15, -0.1) is 0 Å². The van der Waals surface area contributed by atoms with Crippen LogP contribution in [0.4, 0.5) is 0 Å². The fraction of sp³-hybridized carbons (Fsp3) is 1.00. The van der Waals surface area contributed by atoms with Gasteiger partial charge >= 0.3 is 0 Å². The predicted octanol–water partition coefficient (Wildman–Crippen LogP) is 7.02. The van der Waals surface area contributed by atoms with E-state index >= 15 is 0 Å². The summed E-state index contributed by atoms with van der Waals surface area (Å²) in [5.74, 6) is 0.810. The Morgan fingerprint density at radius 3 is 0.818 bits per heavy atom. The third kappa shape index (κ3) is 58.6. The predicted molar refractivity (Wildman–Crippen MR) is 110 cm³/mol. The number of hydrogen-bond donors (Lipinski definition) is 0. The number of unbranched alkanes of at least 4 members (excludes halogenated alkanes) is 3. The van der Waals surface area contributed by atoms with Gasteiger partial charge in [0, 0.05) is 30.5 Å². The minimum atomic E-state index is 0. The van der Waals surface area contributed by atoms with E-state index in [2.05, 4.69) is 74.1 Å². The smallest absolute Gasteiger partial charge is 0.000415 e. The molecule has 0 spiro atoms. The van der Waals surface area contributed by atoms with E-state index in [9.17, 15) is 0 Å². The molecule has 0 aliphatic carbocycles. The summed E-state index contributed by atoms with van der Waals surface area (Å²) in [5, 5.41) is 0. The van der Waals surface area contributed by atoms with Gasteiger partial charge in [-0.1, -0.05) is 108 Å². The molecule has 0 aliphatic heterocycles. The Kier molecular flexibility index (Phi) is 58.6. The Morgan fingerprint density at radius 2 is 0.773 bits per heavy atom. The first-order valence-electron chi connectivity index (χ1n) is 9.67. The Bertz CT molecular complexity index is 107. The topological polar surface area (TPSA) is 3.24 Å². The van der Waals surface area contributed by atoms with Gasteiger partial charge in [0.1, 0.15) is 0 Å². The third-order valence-corrected chi connectivity index (χ3v) is 3.02. The van der Waals surface area contributed by atoms with E-state index in [-0.39, 0.29) is 23.9 Å². The Hall–Kier alpha value is 0.759. The van der Waals surface area contributed by atoms with Crippen molar-refractivity contribution in [3.8, 4) is 0 Å². The summed E-state index contributed by atoms with van der Waals surface area (Å²) >= 11 is 0. The zero-order chi connectivity index (χ0) is 17.5. The summed E-state index contributed by atoms with van der Waals surface area (Å²) in [7, 11) is 0. The van der Waals surface area contributed by atoms with Gasteiger partial charge in [0.05, 0.1) is 0 Å². The largest absolute Gasteiger partial charge is 0.304 e. The maximum atomic E-state index is 2.45. The molecule has 0 aliphatic rings. The maximum absolute atomic E-state index is 2.45. The average Bonchev–Trinajstić information content (AvgIpc) is 2.52. The molecule has 22 heavy (non-hydrogen) atoms. The number of nitrogens with zero attached hydrogens (tertiary/aromatic N) is 1. The first-order valence-corrected chi connectivity index (χ1v) is 9.67. The maximum Gasteiger partial charge on any atom is 0.000415 e. The van der Waals surface area contributed by atoms with Crippen LogP contribution in [0, 0.1) is 5.92 Å². The van der Waals surface area contributed by atoms with E-state index in [1.807, 2.05) is 0 Å². The molecule has 138 valence electrons. The van der Waals surface area contributed by atoms with Crippen molar-refractivity contribution in [1.82, 2.24) is 4.90 Å². The van der Waals surface area contributed by atoms with Gasteiger partial charge in [0.15, 0.2) is 0 Å². The fourth-order valence-electron chi connectivity index (χ4n) is 0.998. The van der Waals surface area contributed by atoms with E-state index in [1.165, 1.54) is 58.2 Å². The van der Waals surface area contributed by atoms with Crippen LogP contribution in [-0.2, 0) is 0 Å². The minimum Gasteiger partial charge on any atom is -0.304 e. The molecule has 2 heteroatoms. The van der Waals surface area contributed by atoms with Gasteiger partial charge < -0.3 is 4.90 Å². The molecule has 0 amide bonds. The summed E-state index contributed by atoms with van der Waals surface area (Å²) in [5.41, 5.74) is 0. The van der Waals surface area contributed by atoms with Crippen LogP contribution in [-0.4, -0.2) is 48.4 Å². The third-order valence-electron chi connectivity index (χ3n) is 3.02. The molecule has 0 aromatic rings. The molecule has 0 saturated carbocycles. The molecule has 0 bridgehead atoms. The first kappa shape index (κ1) is 34.2. The van der Waals surface area contributed by atoms with Crippen LogP contribution in [0.15, 0.2) is 0 Å². The normalized spacial score (nSPS) is 8.73. The molecular formula is C20H49NSn. The van der Waals surface area contributed by atoms with Crippen LogP contribution in [0.25, 0.3) is 0 Å². The van der Waals surface area contributed by atoms with Crippen LogP contribution in [0.3, 0.4) is 0 Å². The monoisotopic (exact) mass is 423 g/mol. The first-order chi connectivity index (χ1) is 9.94. The van der Waals surface area contributed by atoms with Crippen LogP contribution in [0.5, 0.6) is 0 Å². The van der Waals surface area contributed by atoms with Gasteiger partial charge in [-0.25, -0.2) is 0 Å². The van der Waals surface area contributed by atoms with Gasteiger partial charge in [-0.05, 0) is 19.0 Å². The van der Waals surface area contributed by atoms with Gasteiger partial charge in [0.25, 0.3) is 0 Å². The van der Waals surface area contributed by atoms with Crippen molar-refractivity contribution in [2.45, 2.75) is 108 Å². The molecule has 1 nitrogen and oxygen atoms in total. The Labute approximate surface area is 162 Å². The molecule has 0 atom stereocenters. The zero-order valence-corrected chi connectivity index (χ0v) is 20.7. The molecule has 0 aromatic heterocycles. The van der Waals surface area contributed by atoms with E-state index in [1.54, 1.807) is 0 Å². The van der Waals surface area contributed by atoms with E-state index < -0.39 is 0 Å². The van der Waals surface area contributed by atoms with Crippen molar-refractivity contribution in [2.75, 3.05) is 19.6 Å². The van der Waals surface area contributed by atoms with Crippen molar-refractivity contribution in [3.63, 3.8) is 0 Å².